The van der Waals surface area contributed by atoms with E-state index in [-0.39, 0.29) is 0 Å². The van der Waals surface area contributed by atoms with E-state index < -0.39 is 25.2 Å². The van der Waals surface area contributed by atoms with Crippen molar-refractivity contribution in [1.82, 2.24) is 0 Å². The van der Waals surface area contributed by atoms with Crippen LogP contribution < -0.4 is 0 Å². The summed E-state index contributed by atoms with van der Waals surface area (Å²) in [5.41, 5.74) is 0. The zero-order valence-electron chi connectivity index (χ0n) is 4.87. The fourth-order valence-corrected chi connectivity index (χ4v) is 0.420. The lowest BCUT2D eigenvalue weighted by Crippen LogP contribution is -2.18. The Morgan fingerprint density at radius 1 is 1.56 bits per heavy atom. The first kappa shape index (κ1) is 8.72. The van der Waals surface area contributed by atoms with Crippen LogP contribution in [0.4, 0.5) is 17.6 Å². The SMILES string of the molecule is CC(F)CC(F)(F)[CH]F. The monoisotopic (exact) mass is 143 g/mol. The molecule has 0 aromatic carbocycles. The topological polar surface area (TPSA) is 0 Å². The zero-order valence-corrected chi connectivity index (χ0v) is 4.87. The molecule has 0 aromatic heterocycles. The first-order chi connectivity index (χ1) is 3.98. The van der Waals surface area contributed by atoms with Crippen LogP contribution in [0.15, 0.2) is 0 Å². The molecular formula is C5H7F4. The highest BCUT2D eigenvalue weighted by atomic mass is 19.3. The normalized spacial score (nSPS) is 15.7. The Morgan fingerprint density at radius 3 is 2.11 bits per heavy atom. The van der Waals surface area contributed by atoms with E-state index in [2.05, 4.69) is 0 Å². The molecule has 0 nitrogen and oxygen atoms in total. The molecule has 1 radical (unpaired) electrons. The van der Waals surface area contributed by atoms with Crippen molar-refractivity contribution in [2.45, 2.75) is 25.4 Å². The van der Waals surface area contributed by atoms with Gasteiger partial charge in [-0.3, -0.25) is 0 Å². The molecule has 9 heavy (non-hydrogen) atoms. The van der Waals surface area contributed by atoms with Crippen LogP contribution >= 0.6 is 0 Å². The predicted molar refractivity (Wildman–Crippen MR) is 25.5 cm³/mol. The van der Waals surface area contributed by atoms with Gasteiger partial charge in [-0.05, 0) is 6.92 Å². The lowest BCUT2D eigenvalue weighted by atomic mass is 10.2. The minimum Gasteiger partial charge on any atom is -0.248 e. The molecule has 0 N–H and O–H groups in total. The van der Waals surface area contributed by atoms with E-state index in [9.17, 15) is 17.6 Å². The van der Waals surface area contributed by atoms with E-state index in [1.54, 1.807) is 0 Å². The van der Waals surface area contributed by atoms with E-state index in [4.69, 9.17) is 0 Å². The second-order valence-corrected chi connectivity index (χ2v) is 1.86. The maximum Gasteiger partial charge on any atom is 0.284 e. The third-order valence-corrected chi connectivity index (χ3v) is 0.713. The van der Waals surface area contributed by atoms with Gasteiger partial charge in [0.25, 0.3) is 5.92 Å². The first-order valence-electron chi connectivity index (χ1n) is 2.44. The van der Waals surface area contributed by atoms with Crippen LogP contribution in [0.25, 0.3) is 0 Å². The zero-order chi connectivity index (χ0) is 7.49. The van der Waals surface area contributed by atoms with E-state index in [0.717, 1.165) is 6.92 Å². The van der Waals surface area contributed by atoms with Crippen LogP contribution in [0.1, 0.15) is 13.3 Å². The van der Waals surface area contributed by atoms with Crippen LogP contribution in [0.2, 0.25) is 0 Å². The van der Waals surface area contributed by atoms with Gasteiger partial charge in [-0.15, -0.1) is 0 Å². The largest absolute Gasteiger partial charge is 0.284 e. The van der Waals surface area contributed by atoms with E-state index in [1.807, 2.05) is 0 Å². The Balaban J connectivity index is 3.58. The molecule has 0 aromatic rings. The van der Waals surface area contributed by atoms with Gasteiger partial charge in [0, 0.05) is 6.42 Å². The summed E-state index contributed by atoms with van der Waals surface area (Å²) in [5.74, 6) is -3.60. The van der Waals surface area contributed by atoms with Crippen molar-refractivity contribution in [2.24, 2.45) is 0 Å². The van der Waals surface area contributed by atoms with Gasteiger partial charge in [-0.2, -0.15) is 0 Å². The fourth-order valence-electron chi connectivity index (χ4n) is 0.420. The standard InChI is InChI=1S/C5H7F4/c1-4(7)2-5(8,9)3-6/h3-4H,2H2,1H3. The van der Waals surface area contributed by atoms with Crippen molar-refractivity contribution in [3.63, 3.8) is 0 Å². The summed E-state index contributed by atoms with van der Waals surface area (Å²) in [5, 5.41) is 0. The maximum atomic E-state index is 11.7. The van der Waals surface area contributed by atoms with Crippen molar-refractivity contribution in [2.75, 3.05) is 0 Å². The Labute approximate surface area is 50.9 Å². The molecular weight excluding hydrogens is 136 g/mol. The Kier molecular flexibility index (Phi) is 2.94. The third kappa shape index (κ3) is 4.24. The van der Waals surface area contributed by atoms with Crippen LogP contribution in [0, 0.1) is 6.67 Å². The van der Waals surface area contributed by atoms with E-state index in [1.165, 1.54) is 0 Å². The summed E-state index contributed by atoms with van der Waals surface area (Å²) in [6.45, 7) is 0.167. The minimum atomic E-state index is -3.60. The third-order valence-electron chi connectivity index (χ3n) is 0.713. The molecule has 1 atom stereocenters. The number of hydrogen-bond donors (Lipinski definition) is 0. The fraction of sp³-hybridized carbons (Fsp3) is 0.800. The smallest absolute Gasteiger partial charge is 0.248 e. The minimum absolute atomic E-state index is 0.789. The Bertz CT molecular complexity index is 79.0. The number of hydrogen-bond acceptors (Lipinski definition) is 0. The lowest BCUT2D eigenvalue weighted by molar-refractivity contribution is -0.0144. The lowest BCUT2D eigenvalue weighted by Gasteiger charge is -2.10. The Hall–Kier alpha value is -0.280. The molecule has 55 valence electrons. The van der Waals surface area contributed by atoms with Crippen molar-refractivity contribution >= 4 is 0 Å². The molecule has 0 spiro atoms. The molecule has 0 amide bonds. The van der Waals surface area contributed by atoms with Crippen LogP contribution in [0.5, 0.6) is 0 Å². The number of rotatable bonds is 3. The number of halogens is 4. The molecule has 0 saturated heterocycles. The number of alkyl halides is 3. The summed E-state index contributed by atoms with van der Waals surface area (Å²) < 4.78 is 46.3. The summed E-state index contributed by atoms with van der Waals surface area (Å²) in [7, 11) is 0. The summed E-state index contributed by atoms with van der Waals surface area (Å²) in [6.07, 6.45) is -2.75. The quantitative estimate of drug-likeness (QED) is 0.532. The van der Waals surface area contributed by atoms with Gasteiger partial charge in [0.15, 0.2) is 0 Å². The van der Waals surface area contributed by atoms with Crippen LogP contribution in [-0.2, 0) is 0 Å². The molecule has 0 bridgehead atoms. The van der Waals surface area contributed by atoms with Crippen molar-refractivity contribution in [3.05, 3.63) is 6.67 Å². The van der Waals surface area contributed by atoms with Gasteiger partial charge in [0.05, 0.1) is 0 Å². The molecule has 1 unspecified atom stereocenters. The summed E-state index contributed by atoms with van der Waals surface area (Å²) >= 11 is 0. The van der Waals surface area contributed by atoms with Crippen LogP contribution in [0.3, 0.4) is 0 Å². The second kappa shape index (κ2) is 3.03. The average molecular weight is 143 g/mol. The van der Waals surface area contributed by atoms with Crippen molar-refractivity contribution < 1.29 is 17.6 Å². The van der Waals surface area contributed by atoms with Gasteiger partial charge in [0.2, 0.25) is 6.67 Å². The maximum absolute atomic E-state index is 11.7. The van der Waals surface area contributed by atoms with Gasteiger partial charge < -0.3 is 0 Å². The van der Waals surface area contributed by atoms with Crippen molar-refractivity contribution in [1.29, 1.82) is 0 Å². The molecule has 0 aliphatic carbocycles. The predicted octanol–water partition coefficient (Wildman–Crippen LogP) is 2.50. The summed E-state index contributed by atoms with van der Waals surface area (Å²) in [6, 6.07) is 0. The Morgan fingerprint density at radius 2 is 2.00 bits per heavy atom. The molecule has 0 heterocycles. The first-order valence-corrected chi connectivity index (χ1v) is 2.44. The van der Waals surface area contributed by atoms with Crippen molar-refractivity contribution in [3.8, 4) is 0 Å². The second-order valence-electron chi connectivity index (χ2n) is 1.86. The average Bonchev–Trinajstić information content (AvgIpc) is 1.63. The van der Waals surface area contributed by atoms with E-state index in [0.29, 0.717) is 0 Å². The highest BCUT2D eigenvalue weighted by molar-refractivity contribution is 4.76. The molecule has 0 aliphatic rings. The van der Waals surface area contributed by atoms with E-state index >= 15 is 0 Å². The highest BCUT2D eigenvalue weighted by Crippen LogP contribution is 2.24. The van der Waals surface area contributed by atoms with Gasteiger partial charge in [-0.25, -0.2) is 17.6 Å². The molecule has 0 fully saturated rings. The van der Waals surface area contributed by atoms with Gasteiger partial charge in [0.1, 0.15) is 6.17 Å². The molecule has 0 saturated carbocycles. The molecule has 4 heteroatoms. The van der Waals surface area contributed by atoms with Gasteiger partial charge >= 0.3 is 0 Å². The summed E-state index contributed by atoms with van der Waals surface area (Å²) in [4.78, 5) is 0. The molecule has 0 aliphatic heterocycles. The van der Waals surface area contributed by atoms with Gasteiger partial charge in [-0.1, -0.05) is 0 Å². The highest BCUT2D eigenvalue weighted by Gasteiger charge is 2.31. The van der Waals surface area contributed by atoms with Crippen LogP contribution in [-0.4, -0.2) is 12.1 Å². The molecule has 0 rings (SSSR count).